The molecule has 1 heteroatoms. The number of halogens is 1. The Bertz CT molecular complexity index is 648. The van der Waals surface area contributed by atoms with Gasteiger partial charge in [0.2, 0.25) is 0 Å². The molecular formula is C27H41F. The molecule has 0 spiro atoms. The highest BCUT2D eigenvalue weighted by molar-refractivity contribution is 5.37. The van der Waals surface area contributed by atoms with Gasteiger partial charge in [0.15, 0.2) is 0 Å². The van der Waals surface area contributed by atoms with E-state index in [4.69, 9.17) is 0 Å². The second-order valence-electron chi connectivity index (χ2n) is 10.4. The van der Waals surface area contributed by atoms with Gasteiger partial charge < -0.3 is 0 Å². The molecule has 0 N–H and O–H groups in total. The molecule has 1 aromatic carbocycles. The molecule has 5 atom stereocenters. The predicted molar refractivity (Wildman–Crippen MR) is 117 cm³/mol. The van der Waals surface area contributed by atoms with E-state index in [0.29, 0.717) is 5.92 Å². The molecule has 156 valence electrons. The molecule has 3 aliphatic carbocycles. The van der Waals surface area contributed by atoms with Gasteiger partial charge in [0, 0.05) is 0 Å². The maximum absolute atomic E-state index is 15.1. The summed E-state index contributed by atoms with van der Waals surface area (Å²) in [5.41, 5.74) is 3.83. The summed E-state index contributed by atoms with van der Waals surface area (Å²) >= 11 is 0. The van der Waals surface area contributed by atoms with Crippen molar-refractivity contribution in [3.8, 4) is 0 Å². The first kappa shape index (κ1) is 20.4. The number of aryl methyl sites for hydroxylation is 1. The van der Waals surface area contributed by atoms with Crippen LogP contribution < -0.4 is 0 Å². The fourth-order valence-corrected chi connectivity index (χ4v) is 6.75. The lowest BCUT2D eigenvalue weighted by Crippen LogP contribution is -2.31. The average molecular weight is 385 g/mol. The number of hydrogen-bond acceptors (Lipinski definition) is 0. The second kappa shape index (κ2) is 9.31. The molecule has 0 heterocycles. The predicted octanol–water partition coefficient (Wildman–Crippen LogP) is 8.22. The van der Waals surface area contributed by atoms with Crippen LogP contribution in [0.15, 0.2) is 12.1 Å². The molecule has 0 bridgehead atoms. The van der Waals surface area contributed by atoms with Crippen molar-refractivity contribution in [2.75, 3.05) is 0 Å². The van der Waals surface area contributed by atoms with Crippen molar-refractivity contribution < 1.29 is 4.39 Å². The number of benzene rings is 1. The maximum atomic E-state index is 15.1. The van der Waals surface area contributed by atoms with E-state index in [1.165, 1.54) is 94.6 Å². The van der Waals surface area contributed by atoms with E-state index in [-0.39, 0.29) is 5.82 Å². The molecule has 0 nitrogen and oxygen atoms in total. The molecule has 28 heavy (non-hydrogen) atoms. The van der Waals surface area contributed by atoms with Gasteiger partial charge in [0.25, 0.3) is 0 Å². The van der Waals surface area contributed by atoms with Gasteiger partial charge in [-0.15, -0.1) is 0 Å². The van der Waals surface area contributed by atoms with Gasteiger partial charge in [0.05, 0.1) is 0 Å². The van der Waals surface area contributed by atoms with E-state index in [1.807, 2.05) is 6.07 Å². The van der Waals surface area contributed by atoms with Crippen LogP contribution in [0.2, 0.25) is 0 Å². The smallest absolute Gasteiger partial charge is 0.126 e. The van der Waals surface area contributed by atoms with Gasteiger partial charge >= 0.3 is 0 Å². The largest absolute Gasteiger partial charge is 0.207 e. The Morgan fingerprint density at radius 2 is 1.68 bits per heavy atom. The average Bonchev–Trinajstić information content (AvgIpc) is 2.72. The molecule has 2 fully saturated rings. The Balaban J connectivity index is 1.39. The van der Waals surface area contributed by atoms with Gasteiger partial charge in [-0.2, -0.15) is 0 Å². The number of unbranched alkanes of at least 4 members (excludes halogenated alkanes) is 2. The third-order valence-corrected chi connectivity index (χ3v) is 8.60. The lowest BCUT2D eigenvalue weighted by Gasteiger charge is -2.42. The van der Waals surface area contributed by atoms with Crippen LogP contribution in [0.3, 0.4) is 0 Å². The van der Waals surface area contributed by atoms with Crippen molar-refractivity contribution in [1.82, 2.24) is 0 Å². The van der Waals surface area contributed by atoms with Crippen LogP contribution in [0, 0.1) is 29.5 Å². The molecule has 5 unspecified atom stereocenters. The molecule has 3 aliphatic rings. The summed E-state index contributed by atoms with van der Waals surface area (Å²) in [5, 5.41) is 0. The summed E-state index contributed by atoms with van der Waals surface area (Å²) < 4.78 is 15.1. The first-order valence-electron chi connectivity index (χ1n) is 12.5. The maximum Gasteiger partial charge on any atom is 0.126 e. The third-order valence-electron chi connectivity index (χ3n) is 8.60. The van der Waals surface area contributed by atoms with E-state index in [0.717, 1.165) is 35.7 Å². The summed E-state index contributed by atoms with van der Waals surface area (Å²) in [5.74, 6) is 4.13. The number of hydrogen-bond donors (Lipinski definition) is 0. The van der Waals surface area contributed by atoms with Crippen LogP contribution in [-0.4, -0.2) is 0 Å². The van der Waals surface area contributed by atoms with Crippen LogP contribution in [0.4, 0.5) is 4.39 Å². The van der Waals surface area contributed by atoms with Crippen LogP contribution in [0.5, 0.6) is 0 Å². The van der Waals surface area contributed by atoms with Crippen LogP contribution in [0.1, 0.15) is 114 Å². The Morgan fingerprint density at radius 1 is 0.857 bits per heavy atom. The molecule has 0 amide bonds. The zero-order chi connectivity index (χ0) is 19.5. The van der Waals surface area contributed by atoms with E-state index >= 15 is 4.39 Å². The second-order valence-corrected chi connectivity index (χ2v) is 10.4. The van der Waals surface area contributed by atoms with Crippen molar-refractivity contribution in [2.24, 2.45) is 23.7 Å². The summed E-state index contributed by atoms with van der Waals surface area (Å²) in [6.45, 7) is 4.58. The lowest BCUT2D eigenvalue weighted by atomic mass is 9.63. The normalized spacial score (nSPS) is 32.6. The van der Waals surface area contributed by atoms with E-state index < -0.39 is 0 Å². The van der Waals surface area contributed by atoms with Crippen molar-refractivity contribution in [3.63, 3.8) is 0 Å². The summed E-state index contributed by atoms with van der Waals surface area (Å²) in [6, 6.07) is 4.21. The molecular weight excluding hydrogens is 343 g/mol. The standard InChI is InChI=1S/C27H41F/c1-3-5-6-7-20-9-11-22-16-24(13-12-21(22)15-20)26-17-23-10-8-19(4-2)14-25(23)18-27(26)28/h17-22,24H,3-16H2,1-2H3. The third kappa shape index (κ3) is 4.49. The molecule has 0 saturated heterocycles. The lowest BCUT2D eigenvalue weighted by molar-refractivity contribution is 0.112. The highest BCUT2D eigenvalue weighted by atomic mass is 19.1. The summed E-state index contributed by atoms with van der Waals surface area (Å²) in [7, 11) is 0. The Hall–Kier alpha value is -0.850. The van der Waals surface area contributed by atoms with E-state index in [1.54, 1.807) is 0 Å². The van der Waals surface area contributed by atoms with Gasteiger partial charge in [-0.05, 0) is 104 Å². The number of fused-ring (bicyclic) bond motifs is 2. The van der Waals surface area contributed by atoms with E-state index in [2.05, 4.69) is 19.9 Å². The van der Waals surface area contributed by atoms with Crippen LogP contribution >= 0.6 is 0 Å². The zero-order valence-electron chi connectivity index (χ0n) is 18.3. The molecule has 0 aromatic heterocycles. The Morgan fingerprint density at radius 3 is 2.50 bits per heavy atom. The van der Waals surface area contributed by atoms with Crippen molar-refractivity contribution in [2.45, 2.75) is 110 Å². The van der Waals surface area contributed by atoms with Crippen LogP contribution in [-0.2, 0) is 12.8 Å². The van der Waals surface area contributed by atoms with Crippen LogP contribution in [0.25, 0.3) is 0 Å². The first-order chi connectivity index (χ1) is 13.7. The molecule has 1 aromatic rings. The summed E-state index contributed by atoms with van der Waals surface area (Å²) in [4.78, 5) is 0. The van der Waals surface area contributed by atoms with Gasteiger partial charge in [0.1, 0.15) is 5.82 Å². The van der Waals surface area contributed by atoms with E-state index in [9.17, 15) is 0 Å². The van der Waals surface area contributed by atoms with Crippen molar-refractivity contribution in [1.29, 1.82) is 0 Å². The monoisotopic (exact) mass is 384 g/mol. The molecule has 0 radical (unpaired) electrons. The Labute approximate surface area is 172 Å². The fraction of sp³-hybridized carbons (Fsp3) is 0.778. The highest BCUT2D eigenvalue weighted by Crippen LogP contribution is 2.49. The van der Waals surface area contributed by atoms with Gasteiger partial charge in [-0.3, -0.25) is 0 Å². The van der Waals surface area contributed by atoms with Gasteiger partial charge in [-0.25, -0.2) is 4.39 Å². The fourth-order valence-electron chi connectivity index (χ4n) is 6.75. The SMILES string of the molecule is CCCCCC1CCC2CC(c3cc4c(cc3F)CC(CC)CC4)CCC2C1. The van der Waals surface area contributed by atoms with Crippen molar-refractivity contribution >= 4 is 0 Å². The van der Waals surface area contributed by atoms with Crippen molar-refractivity contribution in [3.05, 3.63) is 34.6 Å². The Kier molecular flexibility index (Phi) is 6.79. The molecule has 2 saturated carbocycles. The minimum atomic E-state index is 0.104. The first-order valence-corrected chi connectivity index (χ1v) is 12.5. The summed E-state index contributed by atoms with van der Waals surface area (Å²) in [6.07, 6.45) is 18.5. The topological polar surface area (TPSA) is 0 Å². The zero-order valence-corrected chi connectivity index (χ0v) is 18.3. The van der Waals surface area contributed by atoms with Gasteiger partial charge in [-0.1, -0.05) is 58.4 Å². The molecule has 0 aliphatic heterocycles. The molecule has 4 rings (SSSR count). The minimum absolute atomic E-state index is 0.104. The minimum Gasteiger partial charge on any atom is -0.207 e. The quantitative estimate of drug-likeness (QED) is 0.433. The highest BCUT2D eigenvalue weighted by Gasteiger charge is 2.36. The number of rotatable bonds is 6.